The van der Waals surface area contributed by atoms with E-state index in [1.165, 1.54) is 0 Å². The van der Waals surface area contributed by atoms with Crippen LogP contribution in [0.4, 0.5) is 4.79 Å². The van der Waals surface area contributed by atoms with Crippen molar-refractivity contribution in [3.05, 3.63) is 16.1 Å². The number of nitrogens with one attached hydrogen (secondary N) is 2. The van der Waals surface area contributed by atoms with Crippen LogP contribution in [0.3, 0.4) is 0 Å². The number of likely N-dealkylation sites (tertiary alicyclic amines) is 1. The van der Waals surface area contributed by atoms with E-state index < -0.39 is 0 Å². The molecular formula is C17H29N5O2S. The maximum absolute atomic E-state index is 12.3. The van der Waals surface area contributed by atoms with Crippen molar-refractivity contribution in [2.24, 2.45) is 0 Å². The maximum atomic E-state index is 12.3. The maximum Gasteiger partial charge on any atom is 0.315 e. The Bertz CT molecular complexity index is 581. The average Bonchev–Trinajstić information content (AvgIpc) is 3.00. The third-order valence-corrected chi connectivity index (χ3v) is 5.51. The SMILES string of the molecule is CCC(NC(=O)NC1CCN(CC(=O)N(C)C)CC1)c1nc(C)cs1. The van der Waals surface area contributed by atoms with Gasteiger partial charge in [-0.2, -0.15) is 0 Å². The van der Waals surface area contributed by atoms with Gasteiger partial charge in [0.2, 0.25) is 5.91 Å². The first-order valence-electron chi connectivity index (χ1n) is 8.80. The molecule has 2 rings (SSSR count). The van der Waals surface area contributed by atoms with E-state index in [2.05, 4.69) is 20.5 Å². The second-order valence-corrected chi connectivity index (χ2v) is 7.63. The van der Waals surface area contributed by atoms with E-state index in [4.69, 9.17) is 0 Å². The lowest BCUT2D eigenvalue weighted by atomic mass is 10.1. The van der Waals surface area contributed by atoms with Crippen molar-refractivity contribution in [3.63, 3.8) is 0 Å². The zero-order chi connectivity index (χ0) is 18.4. The van der Waals surface area contributed by atoms with Crippen LogP contribution in [-0.2, 0) is 4.79 Å². The van der Waals surface area contributed by atoms with Gasteiger partial charge in [0.05, 0.1) is 12.6 Å². The molecule has 3 amide bonds. The summed E-state index contributed by atoms with van der Waals surface area (Å²) in [6.45, 7) is 6.11. The monoisotopic (exact) mass is 367 g/mol. The number of hydrogen-bond donors (Lipinski definition) is 2. The molecule has 0 saturated carbocycles. The normalized spacial score (nSPS) is 17.1. The van der Waals surface area contributed by atoms with Gasteiger partial charge in [0.1, 0.15) is 5.01 Å². The first-order chi connectivity index (χ1) is 11.9. The molecule has 1 aromatic rings. The van der Waals surface area contributed by atoms with Crippen molar-refractivity contribution in [1.29, 1.82) is 0 Å². The predicted molar refractivity (Wildman–Crippen MR) is 99.7 cm³/mol. The summed E-state index contributed by atoms with van der Waals surface area (Å²) in [4.78, 5) is 32.3. The molecule has 1 aromatic heterocycles. The van der Waals surface area contributed by atoms with Gasteiger partial charge in [-0.25, -0.2) is 9.78 Å². The molecule has 2 N–H and O–H groups in total. The fourth-order valence-corrected chi connectivity index (χ4v) is 3.75. The molecule has 2 heterocycles. The standard InChI is InChI=1S/C17H29N5O2S/c1-5-14(16-18-12(2)11-25-16)20-17(24)19-13-6-8-22(9-7-13)10-15(23)21(3)4/h11,13-14H,5-10H2,1-4H3,(H2,19,20,24). The topological polar surface area (TPSA) is 77.6 Å². The number of hydrogen-bond acceptors (Lipinski definition) is 5. The number of thiazole rings is 1. The van der Waals surface area contributed by atoms with Crippen LogP contribution < -0.4 is 10.6 Å². The Hall–Kier alpha value is -1.67. The molecule has 0 aromatic carbocycles. The van der Waals surface area contributed by atoms with E-state index in [1.807, 2.05) is 19.2 Å². The van der Waals surface area contributed by atoms with E-state index in [0.29, 0.717) is 6.54 Å². The van der Waals surface area contributed by atoms with Crippen molar-refractivity contribution >= 4 is 23.3 Å². The molecule has 1 aliphatic rings. The van der Waals surface area contributed by atoms with Crippen LogP contribution in [-0.4, -0.2) is 66.5 Å². The molecule has 0 spiro atoms. The number of amides is 3. The molecule has 1 atom stereocenters. The van der Waals surface area contributed by atoms with Gasteiger partial charge in [-0.05, 0) is 26.2 Å². The van der Waals surface area contributed by atoms with E-state index in [-0.39, 0.29) is 24.0 Å². The fraction of sp³-hybridized carbons (Fsp3) is 0.706. The van der Waals surface area contributed by atoms with Crippen LogP contribution in [0.5, 0.6) is 0 Å². The Balaban J connectivity index is 1.75. The highest BCUT2D eigenvalue weighted by Crippen LogP contribution is 2.20. The lowest BCUT2D eigenvalue weighted by Gasteiger charge is -2.32. The summed E-state index contributed by atoms with van der Waals surface area (Å²) in [6, 6.07) is -0.0275. The molecule has 0 radical (unpaired) electrons. The minimum atomic E-state index is -0.137. The molecule has 8 heteroatoms. The number of carbonyl (C=O) groups excluding carboxylic acids is 2. The number of aryl methyl sites for hydroxylation is 1. The Kier molecular flexibility index (Phi) is 7.19. The largest absolute Gasteiger partial charge is 0.348 e. The van der Waals surface area contributed by atoms with Crippen molar-refractivity contribution in [2.45, 2.75) is 45.2 Å². The molecule has 1 saturated heterocycles. The smallest absolute Gasteiger partial charge is 0.315 e. The summed E-state index contributed by atoms with van der Waals surface area (Å²) >= 11 is 1.58. The molecule has 0 aliphatic carbocycles. The van der Waals surface area contributed by atoms with Crippen LogP contribution in [0.15, 0.2) is 5.38 Å². The molecule has 1 fully saturated rings. The van der Waals surface area contributed by atoms with Crippen LogP contribution in [0.1, 0.15) is 42.9 Å². The number of carbonyl (C=O) groups is 2. The van der Waals surface area contributed by atoms with Gasteiger partial charge in [0.25, 0.3) is 0 Å². The number of rotatable bonds is 6. The van der Waals surface area contributed by atoms with Gasteiger partial charge < -0.3 is 15.5 Å². The number of nitrogens with zero attached hydrogens (tertiary/aromatic N) is 3. The van der Waals surface area contributed by atoms with Crippen molar-refractivity contribution in [1.82, 2.24) is 25.4 Å². The van der Waals surface area contributed by atoms with Gasteiger partial charge >= 0.3 is 6.03 Å². The third-order valence-electron chi connectivity index (χ3n) is 4.43. The Morgan fingerprint density at radius 3 is 2.60 bits per heavy atom. The second kappa shape index (κ2) is 9.15. The van der Waals surface area contributed by atoms with Crippen LogP contribution in [0.2, 0.25) is 0 Å². The minimum Gasteiger partial charge on any atom is -0.348 e. The highest BCUT2D eigenvalue weighted by atomic mass is 32.1. The Morgan fingerprint density at radius 2 is 2.08 bits per heavy atom. The molecule has 25 heavy (non-hydrogen) atoms. The minimum absolute atomic E-state index is 0.0449. The Morgan fingerprint density at radius 1 is 1.40 bits per heavy atom. The lowest BCUT2D eigenvalue weighted by molar-refractivity contribution is -0.130. The highest BCUT2D eigenvalue weighted by Gasteiger charge is 2.23. The average molecular weight is 368 g/mol. The summed E-state index contributed by atoms with van der Waals surface area (Å²) < 4.78 is 0. The van der Waals surface area contributed by atoms with E-state index >= 15 is 0 Å². The lowest BCUT2D eigenvalue weighted by Crippen LogP contribution is -2.49. The first-order valence-corrected chi connectivity index (χ1v) is 9.68. The van der Waals surface area contributed by atoms with Gasteiger partial charge in [-0.3, -0.25) is 9.69 Å². The van der Waals surface area contributed by atoms with E-state index in [0.717, 1.165) is 43.1 Å². The summed E-state index contributed by atoms with van der Waals surface area (Å²) in [5.74, 6) is 0.119. The van der Waals surface area contributed by atoms with E-state index in [1.54, 1.807) is 30.3 Å². The highest BCUT2D eigenvalue weighted by molar-refractivity contribution is 7.09. The predicted octanol–water partition coefficient (Wildman–Crippen LogP) is 1.75. The van der Waals surface area contributed by atoms with Crippen LogP contribution in [0.25, 0.3) is 0 Å². The molecule has 140 valence electrons. The first kappa shape index (κ1) is 19.7. The molecule has 7 nitrogen and oxygen atoms in total. The summed E-state index contributed by atoms with van der Waals surface area (Å²) in [6.07, 6.45) is 2.54. The zero-order valence-corrected chi connectivity index (χ0v) is 16.4. The van der Waals surface area contributed by atoms with Gasteiger partial charge in [0.15, 0.2) is 0 Å². The van der Waals surface area contributed by atoms with E-state index in [9.17, 15) is 9.59 Å². The van der Waals surface area contributed by atoms with Crippen LogP contribution >= 0.6 is 11.3 Å². The molecule has 1 aliphatic heterocycles. The number of piperidine rings is 1. The van der Waals surface area contributed by atoms with Gasteiger partial charge in [0, 0.05) is 44.3 Å². The van der Waals surface area contributed by atoms with Gasteiger partial charge in [-0.1, -0.05) is 6.92 Å². The number of likely N-dealkylation sites (N-methyl/N-ethyl adjacent to an activating group) is 1. The van der Waals surface area contributed by atoms with Crippen LogP contribution in [0, 0.1) is 6.92 Å². The molecule has 0 bridgehead atoms. The molecular weight excluding hydrogens is 338 g/mol. The summed E-state index contributed by atoms with van der Waals surface area (Å²) in [5, 5.41) is 9.04. The van der Waals surface area contributed by atoms with Crippen molar-refractivity contribution < 1.29 is 9.59 Å². The Labute approximate surface area is 153 Å². The third kappa shape index (κ3) is 5.97. The van der Waals surface area contributed by atoms with Gasteiger partial charge in [-0.15, -0.1) is 11.3 Å². The summed E-state index contributed by atoms with van der Waals surface area (Å²) in [7, 11) is 3.55. The quantitative estimate of drug-likeness (QED) is 0.803. The zero-order valence-electron chi connectivity index (χ0n) is 15.5. The fourth-order valence-electron chi connectivity index (χ4n) is 2.82. The van der Waals surface area contributed by atoms with Crippen molar-refractivity contribution in [2.75, 3.05) is 33.7 Å². The second-order valence-electron chi connectivity index (χ2n) is 6.74. The molecule has 1 unspecified atom stereocenters. The number of aromatic nitrogens is 1. The summed E-state index contributed by atoms with van der Waals surface area (Å²) in [5.41, 5.74) is 0.986. The van der Waals surface area contributed by atoms with Crippen molar-refractivity contribution in [3.8, 4) is 0 Å². The number of urea groups is 1.